The molecule has 0 unspecified atom stereocenters. The first-order valence-electron chi connectivity index (χ1n) is 11.1. The number of nitrogens with zero attached hydrogens (tertiary/aromatic N) is 3. The van der Waals surface area contributed by atoms with E-state index in [1.54, 1.807) is 88.3 Å². The van der Waals surface area contributed by atoms with Gasteiger partial charge in [0.25, 0.3) is 0 Å². The standard InChI is InChI=1S/C28H21FN4O3/c1-2-27(34)31-21-7-4-8-23(16-21)33-25-13-14-30-17-26(25)32(28(33)35)22-9-11-24(12-10-22)36-18-19-5-3-6-20(29)15-19/h2-17H,1,18H2,(H,31,34). The molecule has 0 saturated heterocycles. The Kier molecular flexibility index (Phi) is 6.15. The molecule has 3 aromatic carbocycles. The van der Waals surface area contributed by atoms with Crippen molar-refractivity contribution in [3.63, 3.8) is 0 Å². The van der Waals surface area contributed by atoms with Crippen molar-refractivity contribution in [2.24, 2.45) is 0 Å². The summed E-state index contributed by atoms with van der Waals surface area (Å²) in [4.78, 5) is 29.6. The Bertz CT molecular complexity index is 1640. The lowest BCUT2D eigenvalue weighted by Gasteiger charge is -2.08. The zero-order chi connectivity index (χ0) is 25.1. The number of imidazole rings is 1. The van der Waals surface area contributed by atoms with Crippen molar-refractivity contribution in [1.82, 2.24) is 14.1 Å². The molecular formula is C28H21FN4O3. The highest BCUT2D eigenvalue weighted by Gasteiger charge is 2.16. The Balaban J connectivity index is 1.50. The summed E-state index contributed by atoms with van der Waals surface area (Å²) in [6, 6.07) is 22.1. The van der Waals surface area contributed by atoms with E-state index in [0.29, 0.717) is 33.8 Å². The van der Waals surface area contributed by atoms with Crippen molar-refractivity contribution in [2.75, 3.05) is 5.32 Å². The van der Waals surface area contributed by atoms with E-state index in [9.17, 15) is 14.0 Å². The number of anilines is 1. The Hall–Kier alpha value is -4.98. The summed E-state index contributed by atoms with van der Waals surface area (Å²) in [7, 11) is 0. The number of benzene rings is 3. The van der Waals surface area contributed by atoms with Crippen LogP contribution in [0.3, 0.4) is 0 Å². The van der Waals surface area contributed by atoms with Crippen LogP contribution in [-0.2, 0) is 11.4 Å². The molecule has 0 spiro atoms. The third-order valence-corrected chi connectivity index (χ3v) is 5.59. The van der Waals surface area contributed by atoms with Crippen LogP contribution in [-0.4, -0.2) is 20.0 Å². The van der Waals surface area contributed by atoms with Crippen LogP contribution >= 0.6 is 0 Å². The molecule has 5 aromatic rings. The molecule has 0 saturated carbocycles. The third kappa shape index (κ3) is 4.52. The zero-order valence-corrected chi connectivity index (χ0v) is 19.1. The van der Waals surface area contributed by atoms with Gasteiger partial charge in [0.2, 0.25) is 5.91 Å². The maximum absolute atomic E-state index is 13.6. The van der Waals surface area contributed by atoms with Gasteiger partial charge in [0.05, 0.1) is 28.6 Å². The van der Waals surface area contributed by atoms with Crippen molar-refractivity contribution in [1.29, 1.82) is 0 Å². The molecule has 0 fully saturated rings. The molecule has 0 bridgehead atoms. The fourth-order valence-electron chi connectivity index (χ4n) is 3.95. The van der Waals surface area contributed by atoms with Gasteiger partial charge in [0.1, 0.15) is 18.2 Å². The minimum absolute atomic E-state index is 0.221. The lowest BCUT2D eigenvalue weighted by atomic mass is 10.2. The summed E-state index contributed by atoms with van der Waals surface area (Å²) in [5.41, 5.74) is 3.47. The molecule has 36 heavy (non-hydrogen) atoms. The van der Waals surface area contributed by atoms with E-state index in [2.05, 4.69) is 16.9 Å². The molecule has 0 radical (unpaired) electrons. The Labute approximate surface area is 205 Å². The van der Waals surface area contributed by atoms with Crippen LogP contribution in [0.25, 0.3) is 22.4 Å². The average molecular weight is 480 g/mol. The van der Waals surface area contributed by atoms with Crippen LogP contribution < -0.4 is 15.7 Å². The van der Waals surface area contributed by atoms with Gasteiger partial charge >= 0.3 is 5.69 Å². The second-order valence-electron chi connectivity index (χ2n) is 7.97. The van der Waals surface area contributed by atoms with Crippen molar-refractivity contribution in [3.05, 3.63) is 126 Å². The summed E-state index contributed by atoms with van der Waals surface area (Å²) in [6.45, 7) is 3.69. The van der Waals surface area contributed by atoms with Crippen LogP contribution in [0.15, 0.2) is 109 Å². The van der Waals surface area contributed by atoms with E-state index in [1.807, 2.05) is 0 Å². The fourth-order valence-corrected chi connectivity index (χ4v) is 3.95. The molecule has 178 valence electrons. The predicted molar refractivity (Wildman–Crippen MR) is 136 cm³/mol. The monoisotopic (exact) mass is 480 g/mol. The van der Waals surface area contributed by atoms with E-state index in [4.69, 9.17) is 4.74 Å². The first-order chi connectivity index (χ1) is 17.5. The van der Waals surface area contributed by atoms with Crippen molar-refractivity contribution >= 4 is 22.6 Å². The van der Waals surface area contributed by atoms with E-state index in [0.717, 1.165) is 5.56 Å². The van der Waals surface area contributed by atoms with Crippen LogP contribution in [0.1, 0.15) is 5.56 Å². The van der Waals surface area contributed by atoms with Gasteiger partial charge in [-0.15, -0.1) is 0 Å². The number of amides is 1. The SMILES string of the molecule is C=CC(=O)Nc1cccc(-n2c(=O)n(-c3ccc(OCc4cccc(F)c4)cc3)c3cnccc32)c1. The zero-order valence-electron chi connectivity index (χ0n) is 19.1. The number of aromatic nitrogens is 3. The number of carbonyl (C=O) groups is 1. The molecule has 2 heterocycles. The molecule has 7 nitrogen and oxygen atoms in total. The average Bonchev–Trinajstić information content (AvgIpc) is 3.19. The number of rotatable bonds is 7. The summed E-state index contributed by atoms with van der Waals surface area (Å²) in [5, 5.41) is 2.71. The summed E-state index contributed by atoms with van der Waals surface area (Å²) < 4.78 is 22.3. The van der Waals surface area contributed by atoms with Gasteiger partial charge in [-0.2, -0.15) is 0 Å². The molecule has 2 aromatic heterocycles. The van der Waals surface area contributed by atoms with Gasteiger partial charge in [-0.1, -0.05) is 24.8 Å². The van der Waals surface area contributed by atoms with Gasteiger partial charge in [-0.25, -0.2) is 9.18 Å². The van der Waals surface area contributed by atoms with Crippen LogP contribution in [0, 0.1) is 5.82 Å². The van der Waals surface area contributed by atoms with Crippen molar-refractivity contribution in [3.8, 4) is 17.1 Å². The molecule has 8 heteroatoms. The number of hydrogen-bond acceptors (Lipinski definition) is 4. The number of pyridine rings is 1. The highest BCUT2D eigenvalue weighted by atomic mass is 19.1. The number of halogens is 1. The minimum Gasteiger partial charge on any atom is -0.489 e. The largest absolute Gasteiger partial charge is 0.489 e. The van der Waals surface area contributed by atoms with E-state index < -0.39 is 0 Å². The van der Waals surface area contributed by atoms with E-state index >= 15 is 0 Å². The van der Waals surface area contributed by atoms with E-state index in [1.165, 1.54) is 18.2 Å². The topological polar surface area (TPSA) is 78.2 Å². The smallest absolute Gasteiger partial charge is 0.338 e. The minimum atomic E-state index is -0.342. The first-order valence-corrected chi connectivity index (χ1v) is 11.1. The molecule has 0 atom stereocenters. The fraction of sp³-hybridized carbons (Fsp3) is 0.0357. The number of hydrogen-bond donors (Lipinski definition) is 1. The summed E-state index contributed by atoms with van der Waals surface area (Å²) in [5.74, 6) is -0.0705. The Morgan fingerprint density at radius 2 is 1.75 bits per heavy atom. The molecule has 0 aliphatic carbocycles. The first kappa shape index (κ1) is 22.8. The summed E-state index contributed by atoms with van der Waals surface area (Å²) in [6.07, 6.45) is 4.43. The molecular weight excluding hydrogens is 459 g/mol. The predicted octanol–water partition coefficient (Wildman–Crippen LogP) is 5.02. The van der Waals surface area contributed by atoms with Gasteiger partial charge in [-0.05, 0) is 72.3 Å². The number of nitrogens with one attached hydrogen (secondary N) is 1. The van der Waals surface area contributed by atoms with E-state index in [-0.39, 0.29) is 24.0 Å². The number of ether oxygens (including phenoxy) is 1. The van der Waals surface area contributed by atoms with Gasteiger partial charge in [0, 0.05) is 11.9 Å². The Morgan fingerprint density at radius 3 is 2.53 bits per heavy atom. The summed E-state index contributed by atoms with van der Waals surface area (Å²) >= 11 is 0. The van der Waals surface area contributed by atoms with Crippen molar-refractivity contribution < 1.29 is 13.9 Å². The number of fused-ring (bicyclic) bond motifs is 1. The maximum atomic E-state index is 13.6. The lowest BCUT2D eigenvalue weighted by Crippen LogP contribution is -2.22. The Morgan fingerprint density at radius 1 is 0.972 bits per heavy atom. The highest BCUT2D eigenvalue weighted by Crippen LogP contribution is 2.23. The normalized spacial score (nSPS) is 10.8. The van der Waals surface area contributed by atoms with Gasteiger partial charge in [-0.3, -0.25) is 18.9 Å². The molecule has 1 N–H and O–H groups in total. The van der Waals surface area contributed by atoms with Crippen LogP contribution in [0.4, 0.5) is 10.1 Å². The van der Waals surface area contributed by atoms with Crippen LogP contribution in [0.2, 0.25) is 0 Å². The highest BCUT2D eigenvalue weighted by molar-refractivity contribution is 5.99. The quantitative estimate of drug-likeness (QED) is 0.332. The third-order valence-electron chi connectivity index (χ3n) is 5.59. The van der Waals surface area contributed by atoms with Crippen LogP contribution in [0.5, 0.6) is 5.75 Å². The molecule has 5 rings (SSSR count). The lowest BCUT2D eigenvalue weighted by molar-refractivity contribution is -0.111. The van der Waals surface area contributed by atoms with Gasteiger partial charge in [0.15, 0.2) is 0 Å². The molecule has 0 aliphatic heterocycles. The number of carbonyl (C=O) groups excluding carboxylic acids is 1. The van der Waals surface area contributed by atoms with Crippen molar-refractivity contribution in [2.45, 2.75) is 6.61 Å². The second kappa shape index (κ2) is 9.71. The molecule has 1 amide bonds. The second-order valence-corrected chi connectivity index (χ2v) is 7.97. The van der Waals surface area contributed by atoms with Gasteiger partial charge < -0.3 is 10.1 Å². The maximum Gasteiger partial charge on any atom is 0.338 e. The molecule has 0 aliphatic rings.